The summed E-state index contributed by atoms with van der Waals surface area (Å²) in [5.41, 5.74) is 0. The maximum absolute atomic E-state index is 11.6. The van der Waals surface area contributed by atoms with Gasteiger partial charge in [-0.15, -0.1) is 0 Å². The lowest BCUT2D eigenvalue weighted by Gasteiger charge is -2.11. The number of carbonyl (C=O) groups excluding carboxylic acids is 1. The van der Waals surface area contributed by atoms with Gasteiger partial charge in [0, 0.05) is 12.5 Å². The monoisotopic (exact) mass is 229 g/mol. The first kappa shape index (κ1) is 13.0. The van der Waals surface area contributed by atoms with E-state index in [0.717, 1.165) is 0 Å². The Bertz CT molecular complexity index is 265. The molecule has 1 saturated carbocycles. The number of aliphatic hydroxyl groups is 1. The Balaban J connectivity index is 2.26. The van der Waals surface area contributed by atoms with Crippen LogP contribution in [0, 0.1) is 11.8 Å². The highest BCUT2D eigenvalue weighted by atomic mass is 16.4. The molecule has 5 heteroatoms. The maximum atomic E-state index is 11.6. The molecule has 0 aliphatic heterocycles. The highest BCUT2D eigenvalue weighted by molar-refractivity contribution is 5.80. The summed E-state index contributed by atoms with van der Waals surface area (Å²) in [5.74, 6) is -1.42. The zero-order chi connectivity index (χ0) is 12.1. The van der Waals surface area contributed by atoms with Crippen LogP contribution < -0.4 is 5.32 Å². The molecule has 16 heavy (non-hydrogen) atoms. The molecule has 3 N–H and O–H groups in total. The standard InChI is InChI=1S/C11H19NO4/c1-7(13)4-5-12-10(14)8-2-3-9(6-8)11(15)16/h7-9,13H,2-6H2,1H3,(H,12,14)(H,15,16)/t7?,8-,9+/m1/s1. The molecule has 0 heterocycles. The molecule has 1 fully saturated rings. The van der Waals surface area contributed by atoms with Crippen molar-refractivity contribution in [1.82, 2.24) is 5.32 Å². The van der Waals surface area contributed by atoms with Gasteiger partial charge < -0.3 is 15.5 Å². The van der Waals surface area contributed by atoms with Crippen LogP contribution in [0.1, 0.15) is 32.6 Å². The number of carboxylic acids is 1. The number of nitrogens with one attached hydrogen (secondary N) is 1. The molecule has 0 saturated heterocycles. The lowest BCUT2D eigenvalue weighted by atomic mass is 10.0. The average Bonchev–Trinajstić information content (AvgIpc) is 2.65. The van der Waals surface area contributed by atoms with Gasteiger partial charge in [-0.05, 0) is 32.6 Å². The van der Waals surface area contributed by atoms with Gasteiger partial charge >= 0.3 is 5.97 Å². The van der Waals surface area contributed by atoms with Crippen LogP contribution in [0.4, 0.5) is 0 Å². The molecule has 1 rings (SSSR count). The van der Waals surface area contributed by atoms with Crippen molar-refractivity contribution in [2.45, 2.75) is 38.7 Å². The third-order valence-corrected chi connectivity index (χ3v) is 3.01. The van der Waals surface area contributed by atoms with Crippen LogP contribution >= 0.6 is 0 Å². The second-order valence-electron chi connectivity index (χ2n) is 4.47. The topological polar surface area (TPSA) is 86.6 Å². The number of carbonyl (C=O) groups is 2. The Morgan fingerprint density at radius 2 is 2.00 bits per heavy atom. The summed E-state index contributed by atoms with van der Waals surface area (Å²) in [5, 5.41) is 20.5. The molecule has 1 unspecified atom stereocenters. The van der Waals surface area contributed by atoms with Crippen LogP contribution in [-0.4, -0.2) is 34.7 Å². The zero-order valence-corrected chi connectivity index (χ0v) is 9.48. The highest BCUT2D eigenvalue weighted by Gasteiger charge is 2.33. The fourth-order valence-corrected chi connectivity index (χ4v) is 1.99. The Morgan fingerprint density at radius 3 is 2.50 bits per heavy atom. The molecule has 1 amide bonds. The van der Waals surface area contributed by atoms with Gasteiger partial charge in [0.25, 0.3) is 0 Å². The number of carboxylic acid groups (broad SMARTS) is 1. The van der Waals surface area contributed by atoms with Gasteiger partial charge in [0.15, 0.2) is 0 Å². The molecule has 0 spiro atoms. The minimum absolute atomic E-state index is 0.0793. The molecule has 5 nitrogen and oxygen atoms in total. The minimum Gasteiger partial charge on any atom is -0.481 e. The van der Waals surface area contributed by atoms with E-state index in [2.05, 4.69) is 5.32 Å². The summed E-state index contributed by atoms with van der Waals surface area (Å²) in [7, 11) is 0. The van der Waals surface area contributed by atoms with Crippen molar-refractivity contribution in [2.75, 3.05) is 6.54 Å². The predicted octanol–water partition coefficient (Wildman–Crippen LogP) is 0.374. The Kier molecular flexibility index (Phi) is 4.73. The fourth-order valence-electron chi connectivity index (χ4n) is 1.99. The van der Waals surface area contributed by atoms with Crippen LogP contribution in [0.3, 0.4) is 0 Å². The van der Waals surface area contributed by atoms with E-state index in [1.807, 2.05) is 0 Å². The van der Waals surface area contributed by atoms with Crippen LogP contribution in [0.2, 0.25) is 0 Å². The number of rotatable bonds is 5. The summed E-state index contributed by atoms with van der Waals surface area (Å²) in [4.78, 5) is 22.3. The van der Waals surface area contributed by atoms with Crippen molar-refractivity contribution in [2.24, 2.45) is 11.8 Å². The van der Waals surface area contributed by atoms with Crippen molar-refractivity contribution in [1.29, 1.82) is 0 Å². The van der Waals surface area contributed by atoms with Gasteiger partial charge in [-0.25, -0.2) is 0 Å². The number of aliphatic hydroxyl groups excluding tert-OH is 1. The maximum Gasteiger partial charge on any atom is 0.306 e. The van der Waals surface area contributed by atoms with Crippen molar-refractivity contribution in [3.8, 4) is 0 Å². The lowest BCUT2D eigenvalue weighted by molar-refractivity contribution is -0.141. The van der Waals surface area contributed by atoms with Crippen LogP contribution in [0.5, 0.6) is 0 Å². The van der Waals surface area contributed by atoms with Crippen molar-refractivity contribution in [3.05, 3.63) is 0 Å². The summed E-state index contributed by atoms with van der Waals surface area (Å²) in [6.45, 7) is 2.12. The largest absolute Gasteiger partial charge is 0.481 e. The molecule has 1 aliphatic rings. The van der Waals surface area contributed by atoms with Gasteiger partial charge in [-0.1, -0.05) is 0 Å². The fraction of sp³-hybridized carbons (Fsp3) is 0.818. The van der Waals surface area contributed by atoms with Crippen molar-refractivity contribution >= 4 is 11.9 Å². The van der Waals surface area contributed by atoms with Crippen molar-refractivity contribution in [3.63, 3.8) is 0 Å². The van der Waals surface area contributed by atoms with E-state index in [9.17, 15) is 9.59 Å². The van der Waals surface area contributed by atoms with E-state index in [4.69, 9.17) is 10.2 Å². The minimum atomic E-state index is -0.806. The average molecular weight is 229 g/mol. The molecule has 1 aliphatic carbocycles. The van der Waals surface area contributed by atoms with Gasteiger partial charge in [0.1, 0.15) is 0 Å². The first-order valence-corrected chi connectivity index (χ1v) is 5.69. The summed E-state index contributed by atoms with van der Waals surface area (Å²) in [6, 6.07) is 0. The lowest BCUT2D eigenvalue weighted by Crippen LogP contribution is -2.31. The van der Waals surface area contributed by atoms with Crippen LogP contribution in [0.25, 0.3) is 0 Å². The summed E-state index contributed by atoms with van der Waals surface area (Å²) in [6.07, 6.45) is 1.79. The molecule has 92 valence electrons. The first-order chi connectivity index (χ1) is 7.50. The van der Waals surface area contributed by atoms with Gasteiger partial charge in [0.05, 0.1) is 12.0 Å². The number of hydrogen-bond donors (Lipinski definition) is 3. The van der Waals surface area contributed by atoms with Gasteiger partial charge in [-0.3, -0.25) is 9.59 Å². The molecule has 0 radical (unpaired) electrons. The van der Waals surface area contributed by atoms with Crippen LogP contribution in [-0.2, 0) is 9.59 Å². The van der Waals surface area contributed by atoms with Crippen molar-refractivity contribution < 1.29 is 19.8 Å². The third kappa shape index (κ3) is 3.81. The Hall–Kier alpha value is -1.10. The normalized spacial score (nSPS) is 26.4. The van der Waals surface area contributed by atoms with Gasteiger partial charge in [-0.2, -0.15) is 0 Å². The summed E-state index contributed by atoms with van der Waals surface area (Å²) >= 11 is 0. The van der Waals surface area contributed by atoms with E-state index in [1.165, 1.54) is 0 Å². The van der Waals surface area contributed by atoms with E-state index >= 15 is 0 Å². The number of hydrogen-bond acceptors (Lipinski definition) is 3. The smallest absolute Gasteiger partial charge is 0.306 e. The van der Waals surface area contributed by atoms with E-state index in [0.29, 0.717) is 32.2 Å². The quantitative estimate of drug-likeness (QED) is 0.636. The van der Waals surface area contributed by atoms with E-state index < -0.39 is 12.1 Å². The van der Waals surface area contributed by atoms with E-state index in [1.54, 1.807) is 6.92 Å². The molecule has 3 atom stereocenters. The number of aliphatic carboxylic acids is 1. The molecule has 0 aromatic heterocycles. The number of amides is 1. The van der Waals surface area contributed by atoms with E-state index in [-0.39, 0.29) is 17.7 Å². The molecular formula is C11H19NO4. The molecule has 0 aromatic rings. The summed E-state index contributed by atoms with van der Waals surface area (Å²) < 4.78 is 0. The Morgan fingerprint density at radius 1 is 1.38 bits per heavy atom. The zero-order valence-electron chi connectivity index (χ0n) is 9.48. The highest BCUT2D eigenvalue weighted by Crippen LogP contribution is 2.30. The second-order valence-corrected chi connectivity index (χ2v) is 4.47. The predicted molar refractivity (Wildman–Crippen MR) is 57.8 cm³/mol. The second kappa shape index (κ2) is 5.84. The molecule has 0 aromatic carbocycles. The third-order valence-electron chi connectivity index (χ3n) is 3.01. The van der Waals surface area contributed by atoms with Crippen LogP contribution in [0.15, 0.2) is 0 Å². The Labute approximate surface area is 94.8 Å². The van der Waals surface area contributed by atoms with Gasteiger partial charge in [0.2, 0.25) is 5.91 Å². The molecular weight excluding hydrogens is 210 g/mol. The first-order valence-electron chi connectivity index (χ1n) is 5.69. The SMILES string of the molecule is CC(O)CCNC(=O)[C@@H]1CC[C@H](C(=O)O)C1. The molecule has 0 bridgehead atoms.